The lowest BCUT2D eigenvalue weighted by atomic mass is 10.0. The first kappa shape index (κ1) is 15.2. The molecule has 2 N–H and O–H groups in total. The number of aliphatic hydroxyl groups excluding tert-OH is 1. The highest BCUT2D eigenvalue weighted by molar-refractivity contribution is 4.88. The summed E-state index contributed by atoms with van der Waals surface area (Å²) in [6, 6.07) is 1.32. The van der Waals surface area contributed by atoms with Crippen LogP contribution in [0, 0.1) is 0 Å². The van der Waals surface area contributed by atoms with Crippen molar-refractivity contribution in [2.24, 2.45) is 0 Å². The van der Waals surface area contributed by atoms with Gasteiger partial charge in [0, 0.05) is 25.2 Å². The molecule has 19 heavy (non-hydrogen) atoms. The fourth-order valence-electron chi connectivity index (χ4n) is 2.80. The molecule has 2 unspecified atom stereocenters. The Kier molecular flexibility index (Phi) is 6.07. The predicted molar refractivity (Wildman–Crippen MR) is 77.3 cm³/mol. The molecule has 1 saturated heterocycles. The van der Waals surface area contributed by atoms with Gasteiger partial charge in [-0.25, -0.2) is 0 Å². The highest BCUT2D eigenvalue weighted by Crippen LogP contribution is 2.27. The summed E-state index contributed by atoms with van der Waals surface area (Å²) in [6.07, 6.45) is 6.37. The quantitative estimate of drug-likeness (QED) is 0.699. The molecule has 0 bridgehead atoms. The van der Waals surface area contributed by atoms with E-state index in [1.807, 2.05) is 13.8 Å². The smallest absolute Gasteiger partial charge is 0.0900 e. The topological polar surface area (TPSA) is 44.7 Å². The minimum absolute atomic E-state index is 0.198. The van der Waals surface area contributed by atoms with Gasteiger partial charge in [-0.2, -0.15) is 0 Å². The molecule has 0 amide bonds. The molecule has 2 atom stereocenters. The van der Waals surface area contributed by atoms with Crippen LogP contribution in [-0.4, -0.2) is 60.5 Å². The van der Waals surface area contributed by atoms with Gasteiger partial charge in [-0.15, -0.1) is 0 Å². The Bertz CT molecular complexity index is 251. The van der Waals surface area contributed by atoms with Gasteiger partial charge in [-0.05, 0) is 46.1 Å². The van der Waals surface area contributed by atoms with Crippen LogP contribution in [0.1, 0.15) is 46.0 Å². The van der Waals surface area contributed by atoms with E-state index in [2.05, 4.69) is 10.2 Å². The Hall–Kier alpha value is -0.160. The second-order valence-corrected chi connectivity index (χ2v) is 6.37. The van der Waals surface area contributed by atoms with Gasteiger partial charge in [0.15, 0.2) is 0 Å². The molecule has 1 heterocycles. The molecule has 0 aromatic heterocycles. The second-order valence-electron chi connectivity index (χ2n) is 6.37. The minimum Gasteiger partial charge on any atom is -0.389 e. The molecule has 2 rings (SSSR count). The highest BCUT2D eigenvalue weighted by Gasteiger charge is 2.32. The lowest BCUT2D eigenvalue weighted by molar-refractivity contribution is -0.0109. The molecule has 1 saturated carbocycles. The van der Waals surface area contributed by atoms with E-state index in [0.29, 0.717) is 18.7 Å². The van der Waals surface area contributed by atoms with Crippen LogP contribution in [0.25, 0.3) is 0 Å². The van der Waals surface area contributed by atoms with Crippen LogP contribution >= 0.6 is 0 Å². The van der Waals surface area contributed by atoms with E-state index in [-0.39, 0.29) is 12.2 Å². The summed E-state index contributed by atoms with van der Waals surface area (Å²) in [5.41, 5.74) is 0. The summed E-state index contributed by atoms with van der Waals surface area (Å²) in [6.45, 7) is 7.48. The van der Waals surface area contributed by atoms with Gasteiger partial charge in [0.2, 0.25) is 0 Å². The predicted octanol–water partition coefficient (Wildman–Crippen LogP) is 1.38. The number of nitrogens with zero attached hydrogens (tertiary/aromatic N) is 1. The molecule has 0 radical (unpaired) electrons. The van der Waals surface area contributed by atoms with E-state index < -0.39 is 0 Å². The van der Waals surface area contributed by atoms with E-state index in [4.69, 9.17) is 4.74 Å². The zero-order chi connectivity index (χ0) is 13.7. The van der Waals surface area contributed by atoms with E-state index >= 15 is 0 Å². The van der Waals surface area contributed by atoms with Crippen molar-refractivity contribution < 1.29 is 9.84 Å². The van der Waals surface area contributed by atoms with Crippen molar-refractivity contribution in [1.29, 1.82) is 0 Å². The van der Waals surface area contributed by atoms with E-state index in [0.717, 1.165) is 19.6 Å². The number of nitrogens with one attached hydrogen (secondary N) is 1. The molecule has 0 aromatic carbocycles. The molecular formula is C15H30N2O2. The van der Waals surface area contributed by atoms with Gasteiger partial charge in [-0.1, -0.05) is 6.42 Å². The van der Waals surface area contributed by atoms with Crippen LogP contribution in [0.3, 0.4) is 0 Å². The number of rotatable bonds is 8. The summed E-state index contributed by atoms with van der Waals surface area (Å²) in [4.78, 5) is 2.47. The Balaban J connectivity index is 1.72. The first-order valence-electron chi connectivity index (χ1n) is 7.92. The third-order valence-corrected chi connectivity index (χ3v) is 4.00. The van der Waals surface area contributed by atoms with Crippen LogP contribution in [0.5, 0.6) is 0 Å². The average molecular weight is 270 g/mol. The molecule has 2 aliphatic rings. The average Bonchev–Trinajstić information content (AvgIpc) is 3.21. The van der Waals surface area contributed by atoms with E-state index in [1.165, 1.54) is 32.1 Å². The Labute approximate surface area is 117 Å². The first-order chi connectivity index (χ1) is 9.15. The second kappa shape index (κ2) is 7.58. The molecule has 4 heteroatoms. The maximum absolute atomic E-state index is 10.1. The first-order valence-corrected chi connectivity index (χ1v) is 7.92. The SMILES string of the molecule is CC(C)OCC(O)CN(CC1CCCCN1)C1CC1. The van der Waals surface area contributed by atoms with Gasteiger partial charge in [0.1, 0.15) is 0 Å². The fraction of sp³-hybridized carbons (Fsp3) is 1.00. The zero-order valence-electron chi connectivity index (χ0n) is 12.5. The summed E-state index contributed by atoms with van der Waals surface area (Å²) in [5, 5.41) is 13.7. The summed E-state index contributed by atoms with van der Waals surface area (Å²) < 4.78 is 5.50. The Morgan fingerprint density at radius 3 is 2.63 bits per heavy atom. The number of ether oxygens (including phenoxy) is 1. The zero-order valence-corrected chi connectivity index (χ0v) is 12.5. The molecular weight excluding hydrogens is 240 g/mol. The minimum atomic E-state index is -0.355. The summed E-state index contributed by atoms with van der Waals surface area (Å²) in [5.74, 6) is 0. The summed E-state index contributed by atoms with van der Waals surface area (Å²) in [7, 11) is 0. The van der Waals surface area contributed by atoms with Crippen LogP contribution in [0.2, 0.25) is 0 Å². The van der Waals surface area contributed by atoms with Gasteiger partial charge >= 0.3 is 0 Å². The van der Waals surface area contributed by atoms with Crippen LogP contribution < -0.4 is 5.32 Å². The van der Waals surface area contributed by atoms with Crippen molar-refractivity contribution in [2.45, 2.75) is 70.2 Å². The Morgan fingerprint density at radius 2 is 2.05 bits per heavy atom. The number of hydrogen-bond donors (Lipinski definition) is 2. The van der Waals surface area contributed by atoms with Crippen molar-refractivity contribution in [3.63, 3.8) is 0 Å². The van der Waals surface area contributed by atoms with Crippen LogP contribution in [0.4, 0.5) is 0 Å². The van der Waals surface area contributed by atoms with Crippen molar-refractivity contribution in [2.75, 3.05) is 26.2 Å². The molecule has 1 aliphatic carbocycles. The van der Waals surface area contributed by atoms with Crippen molar-refractivity contribution in [3.8, 4) is 0 Å². The van der Waals surface area contributed by atoms with Crippen LogP contribution in [-0.2, 0) is 4.74 Å². The van der Waals surface area contributed by atoms with Crippen LogP contribution in [0.15, 0.2) is 0 Å². The van der Waals surface area contributed by atoms with Crippen molar-refractivity contribution in [1.82, 2.24) is 10.2 Å². The number of piperidine rings is 1. The third-order valence-electron chi connectivity index (χ3n) is 4.00. The lowest BCUT2D eigenvalue weighted by Gasteiger charge is -2.32. The summed E-state index contributed by atoms with van der Waals surface area (Å²) >= 11 is 0. The third kappa shape index (κ3) is 5.78. The normalized spacial score (nSPS) is 26.1. The molecule has 112 valence electrons. The van der Waals surface area contributed by atoms with Crippen molar-refractivity contribution in [3.05, 3.63) is 0 Å². The molecule has 1 aliphatic heterocycles. The van der Waals surface area contributed by atoms with Gasteiger partial charge in [0.05, 0.1) is 18.8 Å². The molecule has 0 spiro atoms. The van der Waals surface area contributed by atoms with Gasteiger partial charge in [0.25, 0.3) is 0 Å². The standard InChI is InChI=1S/C15H30N2O2/c1-12(2)19-11-15(18)10-17(14-6-7-14)9-13-5-3-4-8-16-13/h12-16,18H,3-11H2,1-2H3. The van der Waals surface area contributed by atoms with E-state index in [9.17, 15) is 5.11 Å². The maximum atomic E-state index is 10.1. The largest absolute Gasteiger partial charge is 0.389 e. The lowest BCUT2D eigenvalue weighted by Crippen LogP contribution is -2.47. The fourth-order valence-corrected chi connectivity index (χ4v) is 2.80. The van der Waals surface area contributed by atoms with Crippen molar-refractivity contribution >= 4 is 0 Å². The monoisotopic (exact) mass is 270 g/mol. The van der Waals surface area contributed by atoms with E-state index in [1.54, 1.807) is 0 Å². The number of hydrogen-bond acceptors (Lipinski definition) is 4. The van der Waals surface area contributed by atoms with Gasteiger partial charge < -0.3 is 15.2 Å². The highest BCUT2D eigenvalue weighted by atomic mass is 16.5. The number of aliphatic hydroxyl groups is 1. The van der Waals surface area contributed by atoms with Gasteiger partial charge in [-0.3, -0.25) is 4.90 Å². The Morgan fingerprint density at radius 1 is 1.26 bits per heavy atom. The maximum Gasteiger partial charge on any atom is 0.0900 e. The molecule has 4 nitrogen and oxygen atoms in total. The molecule has 2 fully saturated rings. The molecule has 0 aromatic rings.